The molecule has 0 aromatic heterocycles. The van der Waals surface area contributed by atoms with Crippen LogP contribution in [0.25, 0.3) is 0 Å². The number of carbonyl (C=O) groups excluding carboxylic acids is 2. The molecule has 0 spiro atoms. The Balaban J connectivity index is 1.82. The van der Waals surface area contributed by atoms with Gasteiger partial charge in [0.2, 0.25) is 0 Å². The highest BCUT2D eigenvalue weighted by Gasteiger charge is 2.30. The SMILES string of the molecule is CCOC(=O)C1CCCN(C(=O)NC2CCCC2)C1. The highest BCUT2D eigenvalue weighted by Crippen LogP contribution is 2.20. The van der Waals surface area contributed by atoms with Crippen molar-refractivity contribution in [1.29, 1.82) is 0 Å². The van der Waals surface area contributed by atoms with Crippen LogP contribution in [0.5, 0.6) is 0 Å². The maximum atomic E-state index is 12.1. The Kier molecular flexibility index (Phi) is 5.05. The molecule has 0 bridgehead atoms. The predicted molar refractivity (Wildman–Crippen MR) is 71.7 cm³/mol. The van der Waals surface area contributed by atoms with Crippen molar-refractivity contribution >= 4 is 12.0 Å². The Morgan fingerprint density at radius 2 is 1.95 bits per heavy atom. The largest absolute Gasteiger partial charge is 0.466 e. The van der Waals surface area contributed by atoms with Gasteiger partial charge in [0.15, 0.2) is 0 Å². The molecule has 108 valence electrons. The molecule has 5 nitrogen and oxygen atoms in total. The van der Waals surface area contributed by atoms with E-state index in [1.165, 1.54) is 12.8 Å². The van der Waals surface area contributed by atoms with Crippen LogP contribution in [0, 0.1) is 5.92 Å². The van der Waals surface area contributed by atoms with Gasteiger partial charge in [-0.25, -0.2) is 4.79 Å². The highest BCUT2D eigenvalue weighted by molar-refractivity contribution is 5.77. The number of nitrogens with one attached hydrogen (secondary N) is 1. The van der Waals surface area contributed by atoms with Crippen LogP contribution in [0.2, 0.25) is 0 Å². The molecular weight excluding hydrogens is 244 g/mol. The van der Waals surface area contributed by atoms with E-state index in [4.69, 9.17) is 4.74 Å². The summed E-state index contributed by atoms with van der Waals surface area (Å²) in [6.07, 6.45) is 6.28. The molecule has 2 aliphatic rings. The van der Waals surface area contributed by atoms with E-state index >= 15 is 0 Å². The Morgan fingerprint density at radius 3 is 2.63 bits per heavy atom. The van der Waals surface area contributed by atoms with Crippen molar-refractivity contribution in [3.63, 3.8) is 0 Å². The molecule has 1 saturated heterocycles. The summed E-state index contributed by atoms with van der Waals surface area (Å²) in [7, 11) is 0. The number of nitrogens with zero attached hydrogens (tertiary/aromatic N) is 1. The molecule has 0 aromatic rings. The Labute approximate surface area is 114 Å². The number of hydrogen-bond acceptors (Lipinski definition) is 3. The zero-order chi connectivity index (χ0) is 13.7. The van der Waals surface area contributed by atoms with Gasteiger partial charge in [-0.05, 0) is 32.6 Å². The summed E-state index contributed by atoms with van der Waals surface area (Å²) in [5.74, 6) is -0.316. The van der Waals surface area contributed by atoms with Gasteiger partial charge in [0.05, 0.1) is 12.5 Å². The number of rotatable bonds is 3. The zero-order valence-electron chi connectivity index (χ0n) is 11.7. The lowest BCUT2D eigenvalue weighted by molar-refractivity contribution is -0.149. The average molecular weight is 268 g/mol. The Bertz CT molecular complexity index is 327. The van der Waals surface area contributed by atoms with Crippen LogP contribution in [-0.2, 0) is 9.53 Å². The Hall–Kier alpha value is -1.26. The van der Waals surface area contributed by atoms with Crippen molar-refractivity contribution in [3.05, 3.63) is 0 Å². The molecule has 1 aliphatic heterocycles. The van der Waals surface area contributed by atoms with Gasteiger partial charge in [0.1, 0.15) is 0 Å². The van der Waals surface area contributed by atoms with E-state index in [0.717, 1.165) is 32.2 Å². The topological polar surface area (TPSA) is 58.6 Å². The summed E-state index contributed by atoms with van der Waals surface area (Å²) in [6.45, 7) is 3.46. The molecule has 2 rings (SSSR count). The summed E-state index contributed by atoms with van der Waals surface area (Å²) in [6, 6.07) is 0.316. The molecule has 0 radical (unpaired) electrons. The minimum atomic E-state index is -0.166. The lowest BCUT2D eigenvalue weighted by atomic mass is 9.98. The number of urea groups is 1. The fourth-order valence-corrected chi connectivity index (χ4v) is 2.95. The lowest BCUT2D eigenvalue weighted by Gasteiger charge is -2.32. The van der Waals surface area contributed by atoms with Crippen LogP contribution in [0.15, 0.2) is 0 Å². The van der Waals surface area contributed by atoms with Gasteiger partial charge in [-0.3, -0.25) is 4.79 Å². The number of hydrogen-bond donors (Lipinski definition) is 1. The standard InChI is InChI=1S/C14H24N2O3/c1-2-19-13(17)11-6-5-9-16(10-11)14(18)15-12-7-3-4-8-12/h11-12H,2-10H2,1H3,(H,15,18). The van der Waals surface area contributed by atoms with E-state index in [9.17, 15) is 9.59 Å². The third-order valence-corrected chi connectivity index (χ3v) is 4.01. The van der Waals surface area contributed by atoms with Gasteiger partial charge in [-0.1, -0.05) is 12.8 Å². The molecule has 1 atom stereocenters. The van der Waals surface area contributed by atoms with E-state index in [1.807, 2.05) is 6.92 Å². The summed E-state index contributed by atoms with van der Waals surface area (Å²) in [5, 5.41) is 3.07. The van der Waals surface area contributed by atoms with E-state index in [-0.39, 0.29) is 17.9 Å². The molecule has 1 aliphatic carbocycles. The summed E-state index contributed by atoms with van der Waals surface area (Å²) in [4.78, 5) is 25.6. The van der Waals surface area contributed by atoms with Crippen LogP contribution in [-0.4, -0.2) is 42.6 Å². The molecule has 1 unspecified atom stereocenters. The number of carbonyl (C=O) groups is 2. The molecular formula is C14H24N2O3. The van der Waals surface area contributed by atoms with Gasteiger partial charge >= 0.3 is 12.0 Å². The van der Waals surface area contributed by atoms with Crippen molar-refractivity contribution in [2.75, 3.05) is 19.7 Å². The van der Waals surface area contributed by atoms with Crippen molar-refractivity contribution in [2.45, 2.75) is 51.5 Å². The van der Waals surface area contributed by atoms with E-state index in [1.54, 1.807) is 4.90 Å². The van der Waals surface area contributed by atoms with Gasteiger partial charge in [-0.15, -0.1) is 0 Å². The van der Waals surface area contributed by atoms with E-state index < -0.39 is 0 Å². The quantitative estimate of drug-likeness (QED) is 0.795. The number of ether oxygens (including phenoxy) is 1. The molecule has 1 heterocycles. The van der Waals surface area contributed by atoms with Gasteiger partial charge in [-0.2, -0.15) is 0 Å². The third-order valence-electron chi connectivity index (χ3n) is 4.01. The van der Waals surface area contributed by atoms with Crippen molar-refractivity contribution in [3.8, 4) is 0 Å². The second-order valence-electron chi connectivity index (χ2n) is 5.47. The van der Waals surface area contributed by atoms with Crippen LogP contribution in [0.3, 0.4) is 0 Å². The van der Waals surface area contributed by atoms with Gasteiger partial charge < -0.3 is 15.0 Å². The monoisotopic (exact) mass is 268 g/mol. The summed E-state index contributed by atoms with van der Waals surface area (Å²) >= 11 is 0. The number of esters is 1. The molecule has 1 saturated carbocycles. The van der Waals surface area contributed by atoms with Crippen LogP contribution in [0.4, 0.5) is 4.79 Å². The predicted octanol–water partition coefficient (Wildman–Crippen LogP) is 1.91. The highest BCUT2D eigenvalue weighted by atomic mass is 16.5. The normalized spacial score (nSPS) is 24.3. The average Bonchev–Trinajstić information content (AvgIpc) is 2.92. The first-order valence-corrected chi connectivity index (χ1v) is 7.42. The van der Waals surface area contributed by atoms with Crippen LogP contribution in [0.1, 0.15) is 45.4 Å². The molecule has 0 aromatic carbocycles. The fraction of sp³-hybridized carbons (Fsp3) is 0.857. The van der Waals surface area contributed by atoms with Crippen LogP contribution >= 0.6 is 0 Å². The third kappa shape index (κ3) is 3.85. The molecule has 2 amide bonds. The van der Waals surface area contributed by atoms with Crippen molar-refractivity contribution < 1.29 is 14.3 Å². The van der Waals surface area contributed by atoms with E-state index in [0.29, 0.717) is 19.2 Å². The van der Waals surface area contributed by atoms with Crippen molar-refractivity contribution in [2.24, 2.45) is 5.92 Å². The maximum absolute atomic E-state index is 12.1. The Morgan fingerprint density at radius 1 is 1.21 bits per heavy atom. The lowest BCUT2D eigenvalue weighted by Crippen LogP contribution is -2.49. The van der Waals surface area contributed by atoms with Gasteiger partial charge in [0, 0.05) is 19.1 Å². The second-order valence-corrected chi connectivity index (χ2v) is 5.47. The summed E-state index contributed by atoms with van der Waals surface area (Å²) in [5.41, 5.74) is 0. The summed E-state index contributed by atoms with van der Waals surface area (Å²) < 4.78 is 5.05. The van der Waals surface area contributed by atoms with E-state index in [2.05, 4.69) is 5.32 Å². The van der Waals surface area contributed by atoms with Crippen molar-refractivity contribution in [1.82, 2.24) is 10.2 Å². The first-order chi connectivity index (χ1) is 9.20. The second kappa shape index (κ2) is 6.78. The zero-order valence-corrected chi connectivity index (χ0v) is 11.7. The first-order valence-electron chi connectivity index (χ1n) is 7.42. The number of likely N-dealkylation sites (tertiary alicyclic amines) is 1. The van der Waals surface area contributed by atoms with Crippen LogP contribution < -0.4 is 5.32 Å². The maximum Gasteiger partial charge on any atom is 0.317 e. The molecule has 2 fully saturated rings. The molecule has 19 heavy (non-hydrogen) atoms. The number of piperidine rings is 1. The minimum absolute atomic E-state index is 0.0131. The smallest absolute Gasteiger partial charge is 0.317 e. The first kappa shape index (κ1) is 14.2. The fourth-order valence-electron chi connectivity index (χ4n) is 2.95. The molecule has 1 N–H and O–H groups in total. The van der Waals surface area contributed by atoms with Gasteiger partial charge in [0.25, 0.3) is 0 Å². The molecule has 5 heteroatoms. The minimum Gasteiger partial charge on any atom is -0.466 e. The number of amides is 2.